The topological polar surface area (TPSA) is 84.1 Å². The summed E-state index contributed by atoms with van der Waals surface area (Å²) in [7, 11) is 0. The van der Waals surface area contributed by atoms with E-state index in [0.717, 1.165) is 5.75 Å². The summed E-state index contributed by atoms with van der Waals surface area (Å²) < 4.78 is 1.55. The van der Waals surface area contributed by atoms with Crippen LogP contribution in [-0.2, 0) is 6.54 Å². The maximum atomic E-state index is 8.82. The summed E-state index contributed by atoms with van der Waals surface area (Å²) in [6.07, 6.45) is 0. The maximum absolute atomic E-state index is 8.82. The van der Waals surface area contributed by atoms with Crippen LogP contribution >= 0.6 is 11.8 Å². The molecule has 0 aliphatic rings. The summed E-state index contributed by atoms with van der Waals surface area (Å²) >= 11 is 1.48. The Bertz CT molecular complexity index is 268. The van der Waals surface area contributed by atoms with Gasteiger partial charge in [-0.3, -0.25) is 0 Å². The number of hydrogen-bond donors (Lipinski definition) is 2. The van der Waals surface area contributed by atoms with Crippen molar-refractivity contribution in [1.29, 1.82) is 0 Å². The largest absolute Gasteiger partial charge is 0.396 e. The summed E-state index contributed by atoms with van der Waals surface area (Å²) in [5.74, 6) is 0.988. The number of aliphatic hydroxyl groups excluding tert-OH is 2. The Morgan fingerprint density at radius 3 is 2.93 bits per heavy atom. The molecule has 0 amide bonds. The van der Waals surface area contributed by atoms with Crippen molar-refractivity contribution < 1.29 is 10.2 Å². The van der Waals surface area contributed by atoms with Gasteiger partial charge in [0.1, 0.15) is 0 Å². The first-order valence-electron chi connectivity index (χ1n) is 4.38. The summed E-state index contributed by atoms with van der Waals surface area (Å²) in [5.41, 5.74) is 0. The van der Waals surface area contributed by atoms with Gasteiger partial charge in [0.15, 0.2) is 0 Å². The lowest BCUT2D eigenvalue weighted by Gasteiger charge is -2.06. The van der Waals surface area contributed by atoms with Gasteiger partial charge in [0.25, 0.3) is 0 Å². The van der Waals surface area contributed by atoms with Crippen molar-refractivity contribution in [3.8, 4) is 0 Å². The Morgan fingerprint density at radius 1 is 1.50 bits per heavy atom. The smallest absolute Gasteiger partial charge is 0.209 e. The third kappa shape index (κ3) is 3.24. The first-order chi connectivity index (χ1) is 6.77. The van der Waals surface area contributed by atoms with Crippen molar-refractivity contribution in [2.45, 2.75) is 18.6 Å². The number of aromatic nitrogens is 4. The van der Waals surface area contributed by atoms with E-state index >= 15 is 0 Å². The lowest BCUT2D eigenvalue weighted by molar-refractivity contribution is 0.250. The van der Waals surface area contributed by atoms with Gasteiger partial charge in [-0.05, 0) is 16.3 Å². The van der Waals surface area contributed by atoms with Crippen LogP contribution in [0.4, 0.5) is 0 Å². The molecule has 1 rings (SSSR count). The maximum Gasteiger partial charge on any atom is 0.209 e. The molecule has 1 unspecified atom stereocenters. The van der Waals surface area contributed by atoms with E-state index in [1.54, 1.807) is 4.68 Å². The van der Waals surface area contributed by atoms with Gasteiger partial charge in [0.05, 0.1) is 13.2 Å². The van der Waals surface area contributed by atoms with Gasteiger partial charge >= 0.3 is 0 Å². The predicted octanol–water partition coefficient (Wildman–Crippen LogP) is -0.614. The third-order valence-electron chi connectivity index (χ3n) is 1.62. The fraction of sp³-hybridized carbons (Fsp3) is 0.857. The third-order valence-corrected chi connectivity index (χ3v) is 2.91. The van der Waals surface area contributed by atoms with Gasteiger partial charge in [-0.25, -0.2) is 4.68 Å². The Morgan fingerprint density at radius 2 is 2.29 bits per heavy atom. The number of thioether (sulfide) groups is 1. The van der Waals surface area contributed by atoms with Crippen LogP contribution < -0.4 is 0 Å². The van der Waals surface area contributed by atoms with Gasteiger partial charge in [-0.15, -0.1) is 5.10 Å². The van der Waals surface area contributed by atoms with Crippen LogP contribution in [0.1, 0.15) is 6.92 Å². The van der Waals surface area contributed by atoms with Gasteiger partial charge in [0, 0.05) is 12.4 Å². The number of hydrogen-bond acceptors (Lipinski definition) is 6. The summed E-state index contributed by atoms with van der Waals surface area (Å²) in [6, 6.07) is 0. The van der Waals surface area contributed by atoms with Crippen molar-refractivity contribution in [2.24, 2.45) is 5.92 Å². The van der Waals surface area contributed by atoms with E-state index in [9.17, 15) is 0 Å². The van der Waals surface area contributed by atoms with Crippen LogP contribution in [0.3, 0.4) is 0 Å². The molecule has 0 spiro atoms. The van der Waals surface area contributed by atoms with E-state index in [4.69, 9.17) is 10.2 Å². The van der Waals surface area contributed by atoms with Crippen molar-refractivity contribution in [3.05, 3.63) is 0 Å². The molecule has 1 heterocycles. The first kappa shape index (κ1) is 11.4. The molecule has 7 heteroatoms. The van der Waals surface area contributed by atoms with Crippen LogP contribution in [0.2, 0.25) is 0 Å². The van der Waals surface area contributed by atoms with E-state index in [1.165, 1.54) is 11.8 Å². The van der Waals surface area contributed by atoms with Crippen LogP contribution in [-0.4, -0.2) is 49.4 Å². The molecular weight excluding hydrogens is 204 g/mol. The molecule has 0 aliphatic heterocycles. The molecular formula is C7H14N4O2S. The highest BCUT2D eigenvalue weighted by Gasteiger charge is 2.08. The average Bonchev–Trinajstić information content (AvgIpc) is 2.62. The molecule has 80 valence electrons. The molecule has 0 saturated carbocycles. The second-order valence-corrected chi connectivity index (χ2v) is 3.99. The van der Waals surface area contributed by atoms with Gasteiger partial charge < -0.3 is 10.2 Å². The highest BCUT2D eigenvalue weighted by Crippen LogP contribution is 2.16. The lowest BCUT2D eigenvalue weighted by Crippen LogP contribution is -2.08. The zero-order valence-electron chi connectivity index (χ0n) is 8.00. The molecule has 0 saturated heterocycles. The van der Waals surface area contributed by atoms with Crippen LogP contribution in [0, 0.1) is 5.92 Å². The number of nitrogens with zero attached hydrogens (tertiary/aromatic N) is 4. The quantitative estimate of drug-likeness (QED) is 0.619. The van der Waals surface area contributed by atoms with E-state index in [0.29, 0.717) is 11.7 Å². The Hall–Kier alpha value is -0.660. The standard InChI is InChI=1S/C7H14N4O2S/c1-6(4-13)5-14-7-8-9-10-11(7)2-3-12/h6,12-13H,2-5H2,1H3. The van der Waals surface area contributed by atoms with E-state index in [2.05, 4.69) is 15.5 Å². The second-order valence-electron chi connectivity index (χ2n) is 3.01. The van der Waals surface area contributed by atoms with Crippen LogP contribution in [0.15, 0.2) is 5.16 Å². The highest BCUT2D eigenvalue weighted by molar-refractivity contribution is 7.99. The van der Waals surface area contributed by atoms with Gasteiger partial charge in [-0.2, -0.15) is 0 Å². The minimum atomic E-state index is 0.0220. The summed E-state index contributed by atoms with van der Waals surface area (Å²) in [6.45, 7) is 2.54. The SMILES string of the molecule is CC(CO)CSc1nnnn1CCO. The molecule has 0 radical (unpaired) electrons. The van der Waals surface area contributed by atoms with E-state index in [1.807, 2.05) is 6.92 Å². The normalized spacial score (nSPS) is 13.1. The fourth-order valence-electron chi connectivity index (χ4n) is 0.804. The Kier molecular flexibility index (Phi) is 4.85. The monoisotopic (exact) mass is 218 g/mol. The zero-order chi connectivity index (χ0) is 10.4. The molecule has 1 atom stereocenters. The lowest BCUT2D eigenvalue weighted by atomic mass is 10.2. The molecule has 14 heavy (non-hydrogen) atoms. The molecule has 6 nitrogen and oxygen atoms in total. The van der Waals surface area contributed by atoms with Crippen LogP contribution in [0.25, 0.3) is 0 Å². The first-order valence-corrected chi connectivity index (χ1v) is 5.37. The molecule has 2 N–H and O–H groups in total. The predicted molar refractivity (Wildman–Crippen MR) is 51.9 cm³/mol. The minimum absolute atomic E-state index is 0.0220. The van der Waals surface area contributed by atoms with Crippen LogP contribution in [0.5, 0.6) is 0 Å². The van der Waals surface area contributed by atoms with Crippen molar-refractivity contribution in [2.75, 3.05) is 19.0 Å². The van der Waals surface area contributed by atoms with Gasteiger partial charge in [0.2, 0.25) is 5.16 Å². The van der Waals surface area contributed by atoms with E-state index in [-0.39, 0.29) is 19.1 Å². The molecule has 0 fully saturated rings. The highest BCUT2D eigenvalue weighted by atomic mass is 32.2. The van der Waals surface area contributed by atoms with Crippen molar-refractivity contribution >= 4 is 11.8 Å². The molecule has 0 aliphatic carbocycles. The zero-order valence-corrected chi connectivity index (χ0v) is 8.81. The van der Waals surface area contributed by atoms with Gasteiger partial charge in [-0.1, -0.05) is 18.7 Å². The fourth-order valence-corrected chi connectivity index (χ4v) is 1.71. The van der Waals surface area contributed by atoms with Crippen molar-refractivity contribution in [3.63, 3.8) is 0 Å². The summed E-state index contributed by atoms with van der Waals surface area (Å²) in [5, 5.41) is 29.3. The number of tetrazole rings is 1. The average molecular weight is 218 g/mol. The minimum Gasteiger partial charge on any atom is -0.396 e. The number of aliphatic hydroxyl groups is 2. The molecule has 0 aromatic carbocycles. The second kappa shape index (κ2) is 5.94. The van der Waals surface area contributed by atoms with Crippen molar-refractivity contribution in [1.82, 2.24) is 20.2 Å². The Balaban J connectivity index is 2.45. The summed E-state index contributed by atoms with van der Waals surface area (Å²) in [4.78, 5) is 0. The molecule has 1 aromatic heterocycles. The molecule has 1 aromatic rings. The number of rotatable bonds is 6. The van der Waals surface area contributed by atoms with E-state index < -0.39 is 0 Å². The Labute approximate surface area is 86.3 Å². The molecule has 0 bridgehead atoms.